The molecule has 0 aromatic heterocycles. The highest BCUT2D eigenvalue weighted by Crippen LogP contribution is 2.24. The van der Waals surface area contributed by atoms with Crippen LogP contribution in [-0.2, 0) is 10.0 Å². The van der Waals surface area contributed by atoms with Crippen LogP contribution in [0.25, 0.3) is 0 Å². The molecule has 0 aliphatic heterocycles. The monoisotopic (exact) mass is 291 g/mol. The maximum absolute atomic E-state index is 12.9. The van der Waals surface area contributed by atoms with Gasteiger partial charge in [-0.25, -0.2) is 17.5 Å². The molecule has 0 spiro atoms. The number of nitrogens with one attached hydrogen (secondary N) is 1. The van der Waals surface area contributed by atoms with Crippen molar-refractivity contribution >= 4 is 15.7 Å². The number of hydrogen-bond acceptors (Lipinski definition) is 5. The third-order valence-corrected chi connectivity index (χ3v) is 3.57. The minimum absolute atomic E-state index is 0.107. The molecule has 0 bridgehead atoms. The van der Waals surface area contributed by atoms with Crippen molar-refractivity contribution in [2.24, 2.45) is 5.73 Å². The average Bonchev–Trinajstić information content (AvgIpc) is 2.25. The molecular weight excluding hydrogens is 277 g/mol. The standard InChI is InChI=1S/C10H14FN3O4S/c1-10(2,12)6-13-19(17,18)9-4-3-7(11)5-8(9)14(15)16/h3-5,13H,6,12H2,1-2H3. The Morgan fingerprint density at radius 1 is 1.47 bits per heavy atom. The van der Waals surface area contributed by atoms with E-state index in [1.807, 2.05) is 0 Å². The summed E-state index contributed by atoms with van der Waals surface area (Å²) in [4.78, 5) is 9.20. The van der Waals surface area contributed by atoms with Gasteiger partial charge in [-0.1, -0.05) is 0 Å². The van der Waals surface area contributed by atoms with Gasteiger partial charge in [0.05, 0.1) is 11.0 Å². The molecule has 0 unspecified atom stereocenters. The predicted octanol–water partition coefficient (Wildman–Crippen LogP) is 0.750. The zero-order valence-electron chi connectivity index (χ0n) is 10.4. The number of nitrogens with zero attached hydrogens (tertiary/aromatic N) is 1. The van der Waals surface area contributed by atoms with Crippen LogP contribution in [0.15, 0.2) is 23.1 Å². The summed E-state index contributed by atoms with van der Waals surface area (Å²) in [6.45, 7) is 3.08. The van der Waals surface area contributed by atoms with Crippen molar-refractivity contribution in [3.63, 3.8) is 0 Å². The fraction of sp³-hybridized carbons (Fsp3) is 0.400. The molecule has 0 fully saturated rings. The summed E-state index contributed by atoms with van der Waals surface area (Å²) in [5, 5.41) is 10.7. The van der Waals surface area contributed by atoms with Gasteiger partial charge in [0.2, 0.25) is 10.0 Å². The Morgan fingerprint density at radius 3 is 2.53 bits per heavy atom. The lowest BCUT2D eigenvalue weighted by Gasteiger charge is -2.18. The van der Waals surface area contributed by atoms with Gasteiger partial charge in [0, 0.05) is 12.1 Å². The second-order valence-electron chi connectivity index (χ2n) is 4.68. The second kappa shape index (κ2) is 5.19. The maximum atomic E-state index is 12.9. The second-order valence-corrected chi connectivity index (χ2v) is 6.42. The molecule has 0 aliphatic rings. The van der Waals surface area contributed by atoms with E-state index in [0.717, 1.165) is 12.1 Å². The first kappa shape index (κ1) is 15.5. The Labute approximate surface area is 109 Å². The highest BCUT2D eigenvalue weighted by molar-refractivity contribution is 7.89. The van der Waals surface area contributed by atoms with E-state index in [4.69, 9.17) is 5.73 Å². The van der Waals surface area contributed by atoms with Crippen molar-refractivity contribution < 1.29 is 17.7 Å². The van der Waals surface area contributed by atoms with Crippen LogP contribution in [0.2, 0.25) is 0 Å². The number of nitrogens with two attached hydrogens (primary N) is 1. The van der Waals surface area contributed by atoms with Crippen molar-refractivity contribution in [3.05, 3.63) is 34.1 Å². The molecular formula is C10H14FN3O4S. The molecule has 0 heterocycles. The van der Waals surface area contributed by atoms with Crippen LogP contribution < -0.4 is 10.5 Å². The van der Waals surface area contributed by atoms with E-state index in [1.165, 1.54) is 0 Å². The van der Waals surface area contributed by atoms with Crippen molar-refractivity contribution in [3.8, 4) is 0 Å². The van der Waals surface area contributed by atoms with Crippen LogP contribution >= 0.6 is 0 Å². The third kappa shape index (κ3) is 4.23. The Hall–Kier alpha value is -1.58. The minimum Gasteiger partial charge on any atom is -0.324 e. The Kier molecular flexibility index (Phi) is 4.23. The maximum Gasteiger partial charge on any atom is 0.292 e. The van der Waals surface area contributed by atoms with Gasteiger partial charge >= 0.3 is 0 Å². The first-order valence-electron chi connectivity index (χ1n) is 5.25. The van der Waals surface area contributed by atoms with E-state index < -0.39 is 36.9 Å². The molecule has 106 valence electrons. The Balaban J connectivity index is 3.18. The number of sulfonamides is 1. The zero-order valence-corrected chi connectivity index (χ0v) is 11.2. The fourth-order valence-corrected chi connectivity index (χ4v) is 2.59. The first-order chi connectivity index (χ1) is 8.53. The Bertz CT molecular complexity index is 595. The normalized spacial score (nSPS) is 12.4. The molecule has 19 heavy (non-hydrogen) atoms. The topological polar surface area (TPSA) is 115 Å². The van der Waals surface area contributed by atoms with Crippen molar-refractivity contribution in [1.29, 1.82) is 0 Å². The molecule has 0 saturated heterocycles. The third-order valence-electron chi connectivity index (χ3n) is 2.13. The van der Waals surface area contributed by atoms with Gasteiger partial charge in [-0.2, -0.15) is 0 Å². The lowest BCUT2D eigenvalue weighted by molar-refractivity contribution is -0.388. The lowest BCUT2D eigenvalue weighted by atomic mass is 10.1. The first-order valence-corrected chi connectivity index (χ1v) is 6.74. The summed E-state index contributed by atoms with van der Waals surface area (Å²) in [5.74, 6) is -0.884. The van der Waals surface area contributed by atoms with Crippen molar-refractivity contribution in [2.75, 3.05) is 6.54 Å². The molecule has 9 heteroatoms. The summed E-state index contributed by atoms with van der Waals surface area (Å²) in [6.07, 6.45) is 0. The molecule has 1 aromatic carbocycles. The highest BCUT2D eigenvalue weighted by atomic mass is 32.2. The van der Waals surface area contributed by atoms with Gasteiger partial charge in [0.1, 0.15) is 5.82 Å². The molecule has 3 N–H and O–H groups in total. The van der Waals surface area contributed by atoms with Crippen LogP contribution in [0.5, 0.6) is 0 Å². The smallest absolute Gasteiger partial charge is 0.292 e. The molecule has 0 amide bonds. The molecule has 0 aliphatic carbocycles. The van der Waals surface area contributed by atoms with Crippen molar-refractivity contribution in [1.82, 2.24) is 4.72 Å². The molecule has 7 nitrogen and oxygen atoms in total. The number of hydrogen-bond donors (Lipinski definition) is 2. The number of nitro groups is 1. The number of rotatable bonds is 5. The molecule has 0 radical (unpaired) electrons. The van der Waals surface area contributed by atoms with E-state index in [0.29, 0.717) is 6.07 Å². The number of halogens is 1. The summed E-state index contributed by atoms with van der Waals surface area (Å²) < 4.78 is 38.9. The summed E-state index contributed by atoms with van der Waals surface area (Å²) in [6, 6.07) is 2.25. The number of benzene rings is 1. The van der Waals surface area contributed by atoms with Crippen molar-refractivity contribution in [2.45, 2.75) is 24.3 Å². The Morgan fingerprint density at radius 2 is 2.05 bits per heavy atom. The fourth-order valence-electron chi connectivity index (χ4n) is 1.22. The molecule has 0 atom stereocenters. The van der Waals surface area contributed by atoms with Gasteiger partial charge in [-0.3, -0.25) is 10.1 Å². The molecule has 0 saturated carbocycles. The SMILES string of the molecule is CC(C)(N)CNS(=O)(=O)c1ccc(F)cc1[N+](=O)[O-]. The molecule has 1 rings (SSSR count). The van der Waals surface area contributed by atoms with E-state index in [2.05, 4.69) is 4.72 Å². The summed E-state index contributed by atoms with van der Waals surface area (Å²) in [5.41, 5.74) is 3.99. The minimum atomic E-state index is -4.12. The van der Waals surface area contributed by atoms with E-state index >= 15 is 0 Å². The van der Waals surface area contributed by atoms with E-state index in [9.17, 15) is 22.9 Å². The highest BCUT2D eigenvalue weighted by Gasteiger charge is 2.27. The van der Waals surface area contributed by atoms with Crippen LogP contribution in [0, 0.1) is 15.9 Å². The van der Waals surface area contributed by atoms with E-state index in [1.54, 1.807) is 13.8 Å². The quantitative estimate of drug-likeness (QED) is 0.613. The zero-order chi connectivity index (χ0) is 14.8. The van der Waals surface area contributed by atoms with Gasteiger partial charge in [0.15, 0.2) is 4.90 Å². The van der Waals surface area contributed by atoms with Crippen LogP contribution in [0.4, 0.5) is 10.1 Å². The molecule has 1 aromatic rings. The number of nitro benzene ring substituents is 1. The van der Waals surface area contributed by atoms with Gasteiger partial charge in [-0.05, 0) is 26.0 Å². The average molecular weight is 291 g/mol. The van der Waals surface area contributed by atoms with E-state index in [-0.39, 0.29) is 6.54 Å². The van der Waals surface area contributed by atoms with Crippen LogP contribution in [0.1, 0.15) is 13.8 Å². The lowest BCUT2D eigenvalue weighted by Crippen LogP contribution is -2.45. The summed E-state index contributed by atoms with van der Waals surface area (Å²) >= 11 is 0. The predicted molar refractivity (Wildman–Crippen MR) is 66.5 cm³/mol. The van der Waals surface area contributed by atoms with Gasteiger partial charge in [-0.15, -0.1) is 0 Å². The van der Waals surface area contributed by atoms with Gasteiger partial charge in [0.25, 0.3) is 5.69 Å². The largest absolute Gasteiger partial charge is 0.324 e. The summed E-state index contributed by atoms with van der Waals surface area (Å²) in [7, 11) is -4.12. The van der Waals surface area contributed by atoms with Crippen LogP contribution in [-0.4, -0.2) is 25.4 Å². The van der Waals surface area contributed by atoms with Crippen LogP contribution in [0.3, 0.4) is 0 Å². The van der Waals surface area contributed by atoms with Gasteiger partial charge < -0.3 is 5.73 Å².